The topological polar surface area (TPSA) is 38.9 Å². The molecule has 0 atom stereocenters. The van der Waals surface area contributed by atoms with E-state index in [0.717, 1.165) is 25.1 Å². The second-order valence-electron chi connectivity index (χ2n) is 2.64. The van der Waals surface area contributed by atoms with Gasteiger partial charge >= 0.3 is 0 Å². The van der Waals surface area contributed by atoms with Crippen molar-refractivity contribution in [2.24, 2.45) is 5.73 Å². The highest BCUT2D eigenvalue weighted by Gasteiger charge is 1.93. The summed E-state index contributed by atoms with van der Waals surface area (Å²) in [5, 5.41) is 3.26. The molecule has 1 heterocycles. The van der Waals surface area contributed by atoms with Crippen LogP contribution in [0.5, 0.6) is 0 Å². The van der Waals surface area contributed by atoms with Crippen LogP contribution in [-0.4, -0.2) is 11.5 Å². The zero-order valence-electron chi connectivity index (χ0n) is 7.29. The lowest BCUT2D eigenvalue weighted by Gasteiger charge is -1.86. The van der Waals surface area contributed by atoms with Gasteiger partial charge in [-0.2, -0.15) is 0 Å². The summed E-state index contributed by atoms with van der Waals surface area (Å²) >= 11 is 1.71. The zero-order chi connectivity index (χ0) is 8.81. The highest BCUT2D eigenvalue weighted by molar-refractivity contribution is 7.09. The maximum Gasteiger partial charge on any atom is 0.0965 e. The molecule has 3 heteroatoms. The van der Waals surface area contributed by atoms with E-state index in [0.29, 0.717) is 0 Å². The van der Waals surface area contributed by atoms with Crippen molar-refractivity contribution in [1.82, 2.24) is 4.98 Å². The molecule has 1 rings (SSSR count). The SMILES string of the molecule is Cc1csc(CC=CCCN)n1. The van der Waals surface area contributed by atoms with Crippen molar-refractivity contribution in [2.45, 2.75) is 19.8 Å². The molecule has 1 aromatic heterocycles. The van der Waals surface area contributed by atoms with Crippen LogP contribution in [0.4, 0.5) is 0 Å². The fourth-order valence-electron chi connectivity index (χ4n) is 0.895. The molecule has 0 aliphatic rings. The third-order valence-electron chi connectivity index (χ3n) is 1.46. The van der Waals surface area contributed by atoms with Crippen LogP contribution in [0, 0.1) is 6.92 Å². The average molecular weight is 182 g/mol. The number of aryl methyl sites for hydroxylation is 1. The van der Waals surface area contributed by atoms with Crippen molar-refractivity contribution in [2.75, 3.05) is 6.54 Å². The number of nitrogens with two attached hydrogens (primary N) is 1. The van der Waals surface area contributed by atoms with Crippen molar-refractivity contribution < 1.29 is 0 Å². The van der Waals surface area contributed by atoms with Crippen molar-refractivity contribution in [3.63, 3.8) is 0 Å². The van der Waals surface area contributed by atoms with Crippen LogP contribution in [0.1, 0.15) is 17.1 Å². The van der Waals surface area contributed by atoms with Crippen LogP contribution in [0.2, 0.25) is 0 Å². The fourth-order valence-corrected chi connectivity index (χ4v) is 1.64. The highest BCUT2D eigenvalue weighted by atomic mass is 32.1. The summed E-state index contributed by atoms with van der Waals surface area (Å²) < 4.78 is 0. The minimum Gasteiger partial charge on any atom is -0.330 e. The Morgan fingerprint density at radius 2 is 2.42 bits per heavy atom. The fraction of sp³-hybridized carbons (Fsp3) is 0.444. The quantitative estimate of drug-likeness (QED) is 0.722. The first-order valence-corrected chi connectivity index (χ1v) is 4.97. The van der Waals surface area contributed by atoms with Gasteiger partial charge in [0.25, 0.3) is 0 Å². The van der Waals surface area contributed by atoms with E-state index in [1.807, 2.05) is 6.92 Å². The summed E-state index contributed by atoms with van der Waals surface area (Å²) in [7, 11) is 0. The smallest absolute Gasteiger partial charge is 0.0965 e. The molecular weight excluding hydrogens is 168 g/mol. The number of nitrogens with zero attached hydrogens (tertiary/aromatic N) is 1. The molecular formula is C9H14N2S. The van der Waals surface area contributed by atoms with Gasteiger partial charge in [0.05, 0.1) is 5.01 Å². The van der Waals surface area contributed by atoms with Crippen LogP contribution in [0.15, 0.2) is 17.5 Å². The van der Waals surface area contributed by atoms with Gasteiger partial charge < -0.3 is 5.73 Å². The molecule has 0 saturated heterocycles. The summed E-state index contributed by atoms with van der Waals surface area (Å²) in [5.74, 6) is 0. The normalized spacial score (nSPS) is 11.2. The van der Waals surface area contributed by atoms with Crippen LogP contribution in [0.3, 0.4) is 0 Å². The van der Waals surface area contributed by atoms with Gasteiger partial charge in [-0.25, -0.2) is 4.98 Å². The molecule has 0 saturated carbocycles. The van der Waals surface area contributed by atoms with Gasteiger partial charge in [0.15, 0.2) is 0 Å². The lowest BCUT2D eigenvalue weighted by Crippen LogP contribution is -1.95. The van der Waals surface area contributed by atoms with Crippen LogP contribution in [-0.2, 0) is 6.42 Å². The van der Waals surface area contributed by atoms with E-state index >= 15 is 0 Å². The molecule has 0 radical (unpaired) electrons. The monoisotopic (exact) mass is 182 g/mol. The van der Waals surface area contributed by atoms with E-state index in [4.69, 9.17) is 5.73 Å². The molecule has 2 nitrogen and oxygen atoms in total. The van der Waals surface area contributed by atoms with E-state index < -0.39 is 0 Å². The third-order valence-corrected chi connectivity index (χ3v) is 2.45. The lowest BCUT2D eigenvalue weighted by atomic mass is 10.3. The zero-order valence-corrected chi connectivity index (χ0v) is 8.10. The molecule has 0 aromatic carbocycles. The molecule has 0 unspecified atom stereocenters. The second-order valence-corrected chi connectivity index (χ2v) is 3.58. The summed E-state index contributed by atoms with van der Waals surface area (Å²) in [6.45, 7) is 2.75. The molecule has 2 N–H and O–H groups in total. The Balaban J connectivity index is 2.33. The van der Waals surface area contributed by atoms with Gasteiger partial charge in [-0.1, -0.05) is 12.2 Å². The van der Waals surface area contributed by atoms with Crippen molar-refractivity contribution in [3.8, 4) is 0 Å². The second kappa shape index (κ2) is 5.06. The van der Waals surface area contributed by atoms with E-state index in [-0.39, 0.29) is 0 Å². The summed E-state index contributed by atoms with van der Waals surface area (Å²) in [6, 6.07) is 0. The first kappa shape index (κ1) is 9.42. The van der Waals surface area contributed by atoms with E-state index in [2.05, 4.69) is 22.5 Å². The highest BCUT2D eigenvalue weighted by Crippen LogP contribution is 2.09. The molecule has 0 bridgehead atoms. The molecule has 0 amide bonds. The molecule has 0 aliphatic carbocycles. The minimum atomic E-state index is 0.730. The summed E-state index contributed by atoms with van der Waals surface area (Å²) in [4.78, 5) is 4.34. The van der Waals surface area contributed by atoms with E-state index in [1.54, 1.807) is 11.3 Å². The predicted octanol–water partition coefficient (Wildman–Crippen LogP) is 1.90. The Labute approximate surface area is 77.1 Å². The number of rotatable bonds is 4. The van der Waals surface area contributed by atoms with Gasteiger partial charge in [0, 0.05) is 17.5 Å². The largest absolute Gasteiger partial charge is 0.330 e. The molecule has 0 spiro atoms. The molecule has 0 aliphatic heterocycles. The number of thiazole rings is 1. The Morgan fingerprint density at radius 1 is 1.58 bits per heavy atom. The maximum atomic E-state index is 5.35. The van der Waals surface area contributed by atoms with Gasteiger partial charge in [-0.05, 0) is 19.9 Å². The minimum absolute atomic E-state index is 0.730. The number of aromatic nitrogens is 1. The Kier molecular flexibility index (Phi) is 3.97. The van der Waals surface area contributed by atoms with Crippen molar-refractivity contribution in [1.29, 1.82) is 0 Å². The summed E-state index contributed by atoms with van der Waals surface area (Å²) in [5.41, 5.74) is 6.46. The first-order chi connectivity index (χ1) is 5.83. The van der Waals surface area contributed by atoms with Gasteiger partial charge in [0.1, 0.15) is 0 Å². The van der Waals surface area contributed by atoms with Crippen LogP contribution in [0.25, 0.3) is 0 Å². The Hall–Kier alpha value is -0.670. The van der Waals surface area contributed by atoms with Crippen molar-refractivity contribution in [3.05, 3.63) is 28.2 Å². The third kappa shape index (κ3) is 3.15. The molecule has 0 fully saturated rings. The van der Waals surface area contributed by atoms with Crippen LogP contribution < -0.4 is 5.73 Å². The first-order valence-electron chi connectivity index (χ1n) is 4.09. The standard InChI is InChI=1S/C9H14N2S/c1-8-7-12-9(11-8)5-3-2-4-6-10/h2-3,7H,4-6,10H2,1H3. The van der Waals surface area contributed by atoms with Crippen LogP contribution >= 0.6 is 11.3 Å². The van der Waals surface area contributed by atoms with Gasteiger partial charge in [0.2, 0.25) is 0 Å². The Bertz CT molecular complexity index is 253. The maximum absolute atomic E-state index is 5.35. The van der Waals surface area contributed by atoms with E-state index in [1.165, 1.54) is 5.01 Å². The van der Waals surface area contributed by atoms with Gasteiger partial charge in [-0.15, -0.1) is 11.3 Å². The molecule has 66 valence electrons. The van der Waals surface area contributed by atoms with E-state index in [9.17, 15) is 0 Å². The Morgan fingerprint density at radius 3 is 3.00 bits per heavy atom. The molecule has 1 aromatic rings. The van der Waals surface area contributed by atoms with Crippen molar-refractivity contribution >= 4 is 11.3 Å². The van der Waals surface area contributed by atoms with Gasteiger partial charge in [-0.3, -0.25) is 0 Å². The summed E-state index contributed by atoms with van der Waals surface area (Å²) in [6.07, 6.45) is 6.14. The number of allylic oxidation sites excluding steroid dienone is 1. The lowest BCUT2D eigenvalue weighted by molar-refractivity contribution is 0.999. The number of hydrogen-bond acceptors (Lipinski definition) is 3. The molecule has 12 heavy (non-hydrogen) atoms. The average Bonchev–Trinajstić information content (AvgIpc) is 2.45. The predicted molar refractivity (Wildman–Crippen MR) is 53.4 cm³/mol. The number of hydrogen-bond donors (Lipinski definition) is 1.